The third-order valence-corrected chi connectivity index (χ3v) is 2.56. The predicted octanol–water partition coefficient (Wildman–Crippen LogP) is 3.56. The smallest absolute Gasteiger partial charge is 0.221 e. The molecule has 0 bridgehead atoms. The fraction of sp³-hybridized carbons (Fsp3) is 0.273. The van der Waals surface area contributed by atoms with Gasteiger partial charge in [0.05, 0.1) is 0 Å². The van der Waals surface area contributed by atoms with E-state index in [0.29, 0.717) is 17.0 Å². The number of hydrogen-bond acceptors (Lipinski definition) is 2. The van der Waals surface area contributed by atoms with Crippen molar-refractivity contribution in [3.05, 3.63) is 29.8 Å². The molecular formula is C11H11Cl2NOS. The molecule has 0 aliphatic heterocycles. The topological polar surface area (TPSA) is 29.1 Å². The van der Waals surface area contributed by atoms with E-state index < -0.39 is 4.84 Å². The average Bonchev–Trinajstić information content (AvgIpc) is 2.16. The number of halogens is 2. The van der Waals surface area contributed by atoms with Crippen LogP contribution in [0.15, 0.2) is 24.3 Å². The van der Waals surface area contributed by atoms with E-state index >= 15 is 0 Å². The third kappa shape index (κ3) is 4.47. The number of carbonyl (C=O) groups excluding carboxylic acids is 1. The molecule has 0 spiro atoms. The van der Waals surface area contributed by atoms with Crippen molar-refractivity contribution in [2.75, 3.05) is 5.32 Å². The number of thiocarbonyl (C=S) groups is 1. The average molecular weight is 276 g/mol. The lowest BCUT2D eigenvalue weighted by Gasteiger charge is -2.07. The van der Waals surface area contributed by atoms with E-state index in [2.05, 4.69) is 5.32 Å². The van der Waals surface area contributed by atoms with Crippen molar-refractivity contribution in [2.24, 2.45) is 0 Å². The van der Waals surface area contributed by atoms with Crippen molar-refractivity contribution in [1.29, 1.82) is 0 Å². The number of benzene rings is 1. The lowest BCUT2D eigenvalue weighted by molar-refractivity contribution is -0.114. The van der Waals surface area contributed by atoms with Gasteiger partial charge in [0.1, 0.15) is 4.84 Å². The highest BCUT2D eigenvalue weighted by Crippen LogP contribution is 2.17. The summed E-state index contributed by atoms with van der Waals surface area (Å²) in [4.78, 5) is 11.1. The van der Waals surface area contributed by atoms with E-state index in [4.69, 9.17) is 35.4 Å². The second-order valence-corrected chi connectivity index (χ2v) is 5.05. The summed E-state index contributed by atoms with van der Waals surface area (Å²) in [7, 11) is 0. The molecule has 1 rings (SSSR count). The monoisotopic (exact) mass is 275 g/mol. The van der Waals surface area contributed by atoms with Gasteiger partial charge in [-0.3, -0.25) is 4.79 Å². The van der Waals surface area contributed by atoms with E-state index in [1.54, 1.807) is 12.1 Å². The Morgan fingerprint density at radius 2 is 2.19 bits per heavy atom. The van der Waals surface area contributed by atoms with Crippen LogP contribution in [0.4, 0.5) is 5.69 Å². The van der Waals surface area contributed by atoms with Gasteiger partial charge in [0.15, 0.2) is 0 Å². The maximum atomic E-state index is 10.9. The van der Waals surface area contributed by atoms with E-state index in [1.807, 2.05) is 12.1 Å². The van der Waals surface area contributed by atoms with Crippen LogP contribution in [0.25, 0.3) is 0 Å². The molecule has 0 heterocycles. The molecule has 1 aromatic carbocycles. The summed E-state index contributed by atoms with van der Waals surface area (Å²) in [6.45, 7) is 1.46. The van der Waals surface area contributed by atoms with Gasteiger partial charge in [-0.15, -0.1) is 23.2 Å². The number of carbonyl (C=O) groups is 1. The van der Waals surface area contributed by atoms with Gasteiger partial charge in [-0.25, -0.2) is 0 Å². The van der Waals surface area contributed by atoms with Gasteiger partial charge in [0.2, 0.25) is 5.91 Å². The molecule has 16 heavy (non-hydrogen) atoms. The molecule has 0 radical (unpaired) electrons. The SMILES string of the molecule is CC(=O)Nc1cccc(C(=S)CC(Cl)Cl)c1. The van der Waals surface area contributed by atoms with Crippen molar-refractivity contribution >= 4 is 51.9 Å². The third-order valence-electron chi connectivity index (χ3n) is 1.84. The highest BCUT2D eigenvalue weighted by molar-refractivity contribution is 7.80. The molecule has 0 saturated carbocycles. The van der Waals surface area contributed by atoms with E-state index in [9.17, 15) is 4.79 Å². The largest absolute Gasteiger partial charge is 0.326 e. The molecule has 86 valence electrons. The van der Waals surface area contributed by atoms with Crippen LogP contribution in [-0.4, -0.2) is 15.6 Å². The molecule has 2 nitrogen and oxygen atoms in total. The molecule has 0 unspecified atom stereocenters. The number of alkyl halides is 2. The molecule has 1 N–H and O–H groups in total. The Morgan fingerprint density at radius 3 is 2.75 bits per heavy atom. The fourth-order valence-corrected chi connectivity index (χ4v) is 2.02. The summed E-state index contributed by atoms with van der Waals surface area (Å²) in [6, 6.07) is 7.29. The second kappa shape index (κ2) is 6.18. The van der Waals surface area contributed by atoms with Crippen molar-refractivity contribution in [2.45, 2.75) is 18.2 Å². The summed E-state index contributed by atoms with van der Waals surface area (Å²) in [5, 5.41) is 2.69. The first kappa shape index (κ1) is 13.4. The molecule has 0 fully saturated rings. The Hall–Kier alpha value is -0.640. The molecular weight excluding hydrogens is 265 g/mol. The summed E-state index contributed by atoms with van der Waals surface area (Å²) in [5.41, 5.74) is 1.57. The van der Waals surface area contributed by atoms with Gasteiger partial charge < -0.3 is 5.32 Å². The van der Waals surface area contributed by atoms with Crippen LogP contribution in [0.5, 0.6) is 0 Å². The summed E-state index contributed by atoms with van der Waals surface area (Å²) in [6.07, 6.45) is 0.433. The summed E-state index contributed by atoms with van der Waals surface area (Å²) < 4.78 is 0. The van der Waals surface area contributed by atoms with Gasteiger partial charge in [-0.2, -0.15) is 0 Å². The second-order valence-electron chi connectivity index (χ2n) is 3.28. The van der Waals surface area contributed by atoms with Gasteiger partial charge in [0.25, 0.3) is 0 Å². The van der Waals surface area contributed by atoms with Gasteiger partial charge in [-0.1, -0.05) is 24.4 Å². The first-order chi connectivity index (χ1) is 7.49. The zero-order valence-electron chi connectivity index (χ0n) is 8.67. The minimum Gasteiger partial charge on any atom is -0.326 e. The standard InChI is InChI=1S/C11H11Cl2NOS/c1-7(15)14-9-4-2-3-8(5-9)10(16)6-11(12)13/h2-5,11H,6H2,1H3,(H,14,15). The first-order valence-electron chi connectivity index (χ1n) is 4.68. The van der Waals surface area contributed by atoms with Gasteiger partial charge in [-0.05, 0) is 17.7 Å². The Labute approximate surface area is 110 Å². The van der Waals surface area contributed by atoms with Crippen LogP contribution in [-0.2, 0) is 4.79 Å². The van der Waals surface area contributed by atoms with Crippen molar-refractivity contribution < 1.29 is 4.79 Å². The van der Waals surface area contributed by atoms with Gasteiger partial charge in [0, 0.05) is 23.9 Å². The van der Waals surface area contributed by atoms with Crippen LogP contribution in [0, 0.1) is 0 Å². The molecule has 0 aromatic heterocycles. The quantitative estimate of drug-likeness (QED) is 0.517. The molecule has 0 saturated heterocycles. The van der Waals surface area contributed by atoms with Crippen molar-refractivity contribution in [3.63, 3.8) is 0 Å². The molecule has 1 amide bonds. The maximum absolute atomic E-state index is 10.9. The Morgan fingerprint density at radius 1 is 1.50 bits per heavy atom. The van der Waals surface area contributed by atoms with Gasteiger partial charge >= 0.3 is 0 Å². The molecule has 5 heteroatoms. The normalized spacial score (nSPS) is 10.2. The number of rotatable bonds is 4. The molecule has 0 atom stereocenters. The summed E-state index contributed by atoms with van der Waals surface area (Å²) in [5.74, 6) is -0.115. The Balaban J connectivity index is 2.81. The number of hydrogen-bond donors (Lipinski definition) is 1. The van der Waals surface area contributed by atoms with E-state index in [1.165, 1.54) is 6.92 Å². The van der Waals surface area contributed by atoms with Crippen LogP contribution in [0.3, 0.4) is 0 Å². The van der Waals surface area contributed by atoms with Crippen LogP contribution in [0.1, 0.15) is 18.9 Å². The Bertz CT molecular complexity index is 407. The van der Waals surface area contributed by atoms with E-state index in [0.717, 1.165) is 5.56 Å². The lowest BCUT2D eigenvalue weighted by atomic mass is 10.1. The number of nitrogens with one attached hydrogen (secondary N) is 1. The van der Waals surface area contributed by atoms with Crippen LogP contribution in [0.2, 0.25) is 0 Å². The molecule has 0 aliphatic carbocycles. The molecule has 0 aliphatic rings. The number of anilines is 1. The molecule has 1 aromatic rings. The predicted molar refractivity (Wildman–Crippen MR) is 72.6 cm³/mol. The van der Waals surface area contributed by atoms with Crippen molar-refractivity contribution in [3.8, 4) is 0 Å². The van der Waals surface area contributed by atoms with Crippen molar-refractivity contribution in [1.82, 2.24) is 0 Å². The maximum Gasteiger partial charge on any atom is 0.221 e. The fourth-order valence-electron chi connectivity index (χ4n) is 1.23. The zero-order valence-corrected chi connectivity index (χ0v) is 11.0. The lowest BCUT2D eigenvalue weighted by Crippen LogP contribution is -2.07. The van der Waals surface area contributed by atoms with E-state index in [-0.39, 0.29) is 5.91 Å². The highest BCUT2D eigenvalue weighted by atomic mass is 35.5. The highest BCUT2D eigenvalue weighted by Gasteiger charge is 2.07. The van der Waals surface area contributed by atoms with Crippen LogP contribution < -0.4 is 5.32 Å². The summed E-state index contributed by atoms with van der Waals surface area (Å²) >= 11 is 16.5. The number of amides is 1. The zero-order chi connectivity index (χ0) is 12.1. The Kier molecular flexibility index (Phi) is 5.19. The minimum atomic E-state index is -0.503. The van der Waals surface area contributed by atoms with Crippen LogP contribution >= 0.6 is 35.4 Å². The first-order valence-corrected chi connectivity index (χ1v) is 5.96. The minimum absolute atomic E-state index is 0.115.